The van der Waals surface area contributed by atoms with E-state index in [9.17, 15) is 14.3 Å². The molecule has 2 aliphatic heterocycles. The van der Waals surface area contributed by atoms with E-state index in [0.29, 0.717) is 6.54 Å². The number of anilines is 1. The van der Waals surface area contributed by atoms with Gasteiger partial charge in [0.25, 0.3) is 0 Å². The van der Waals surface area contributed by atoms with Gasteiger partial charge in [-0.25, -0.2) is 9.37 Å². The molecule has 3 aliphatic rings. The molecule has 0 aromatic carbocycles. The van der Waals surface area contributed by atoms with E-state index in [2.05, 4.69) is 14.8 Å². The van der Waals surface area contributed by atoms with Crippen LogP contribution in [0.3, 0.4) is 0 Å². The van der Waals surface area contributed by atoms with Crippen molar-refractivity contribution in [3.8, 4) is 0 Å². The number of amides is 1. The number of aryl methyl sites for hydroxylation is 1. The smallest absolute Gasteiger partial charge is 0.230 e. The Labute approximate surface area is 154 Å². The molecule has 3 heterocycles. The second kappa shape index (κ2) is 6.80. The summed E-state index contributed by atoms with van der Waals surface area (Å²) in [5, 5.41) is 9.74. The number of piperidine rings is 1. The molecule has 2 saturated heterocycles. The average Bonchev–Trinajstić information content (AvgIpc) is 2.92. The highest BCUT2D eigenvalue weighted by molar-refractivity contribution is 5.86. The molecule has 1 aromatic rings. The molecule has 1 N–H and O–H groups in total. The summed E-state index contributed by atoms with van der Waals surface area (Å²) in [5.41, 5.74) is 0.502. The number of hydrogen-bond donors (Lipinski definition) is 1. The van der Waals surface area contributed by atoms with Crippen LogP contribution in [0.1, 0.15) is 50.5 Å². The Bertz CT molecular complexity index is 690. The molecule has 5 nitrogen and oxygen atoms in total. The van der Waals surface area contributed by atoms with Crippen LogP contribution >= 0.6 is 0 Å². The minimum absolute atomic E-state index is 0.199. The molecule has 0 bridgehead atoms. The molecular weight excluding hydrogens is 333 g/mol. The van der Waals surface area contributed by atoms with Gasteiger partial charge in [-0.2, -0.15) is 0 Å². The summed E-state index contributed by atoms with van der Waals surface area (Å²) in [6.07, 6.45) is 7.25. The third kappa shape index (κ3) is 3.08. The summed E-state index contributed by atoms with van der Waals surface area (Å²) in [6.45, 7) is 4.24. The van der Waals surface area contributed by atoms with Crippen molar-refractivity contribution in [2.24, 2.45) is 5.41 Å². The van der Waals surface area contributed by atoms with Crippen molar-refractivity contribution in [3.63, 3.8) is 0 Å². The van der Waals surface area contributed by atoms with Crippen LogP contribution in [-0.4, -0.2) is 52.7 Å². The molecule has 1 amide bonds. The van der Waals surface area contributed by atoms with Gasteiger partial charge in [0.2, 0.25) is 5.91 Å². The maximum Gasteiger partial charge on any atom is 0.230 e. The third-order valence-electron chi connectivity index (χ3n) is 6.55. The lowest BCUT2D eigenvalue weighted by molar-refractivity contribution is -0.139. The number of pyridine rings is 1. The predicted molar refractivity (Wildman–Crippen MR) is 97.4 cm³/mol. The van der Waals surface area contributed by atoms with Crippen molar-refractivity contribution in [1.29, 1.82) is 0 Å². The Morgan fingerprint density at radius 1 is 1.23 bits per heavy atom. The second-order valence-corrected chi connectivity index (χ2v) is 8.31. The van der Waals surface area contributed by atoms with E-state index < -0.39 is 0 Å². The Kier molecular flexibility index (Phi) is 4.63. The zero-order valence-electron chi connectivity index (χ0n) is 15.5. The first-order chi connectivity index (χ1) is 12.5. The molecule has 1 unspecified atom stereocenters. The minimum Gasteiger partial charge on any atom is -0.393 e. The van der Waals surface area contributed by atoms with Crippen molar-refractivity contribution < 1.29 is 14.3 Å². The number of carbonyl (C=O) groups is 1. The van der Waals surface area contributed by atoms with Crippen molar-refractivity contribution in [3.05, 3.63) is 23.6 Å². The number of nitrogens with zero attached hydrogens (tertiary/aromatic N) is 3. The monoisotopic (exact) mass is 361 g/mol. The maximum atomic E-state index is 13.4. The Morgan fingerprint density at radius 3 is 2.73 bits per heavy atom. The fourth-order valence-electron chi connectivity index (χ4n) is 5.12. The lowest BCUT2D eigenvalue weighted by atomic mass is 9.78. The molecule has 1 atom stereocenters. The molecule has 1 spiro atoms. The normalized spacial score (nSPS) is 32.5. The average molecular weight is 361 g/mol. The highest BCUT2D eigenvalue weighted by Crippen LogP contribution is 2.43. The summed E-state index contributed by atoms with van der Waals surface area (Å²) in [5.74, 6) is 0.765. The van der Waals surface area contributed by atoms with E-state index >= 15 is 0 Å². The maximum absolute atomic E-state index is 13.4. The Balaban J connectivity index is 1.50. The molecule has 1 aliphatic carbocycles. The summed E-state index contributed by atoms with van der Waals surface area (Å²) in [7, 11) is 0. The molecule has 3 fully saturated rings. The second-order valence-electron chi connectivity index (χ2n) is 8.31. The Morgan fingerprint density at radius 2 is 2.00 bits per heavy atom. The predicted octanol–water partition coefficient (Wildman–Crippen LogP) is 2.65. The van der Waals surface area contributed by atoms with Crippen LogP contribution in [-0.2, 0) is 4.79 Å². The van der Waals surface area contributed by atoms with E-state index in [1.165, 1.54) is 12.3 Å². The highest BCUT2D eigenvalue weighted by atomic mass is 19.1. The van der Waals surface area contributed by atoms with Gasteiger partial charge < -0.3 is 14.9 Å². The van der Waals surface area contributed by atoms with Crippen molar-refractivity contribution in [1.82, 2.24) is 9.88 Å². The van der Waals surface area contributed by atoms with Crippen molar-refractivity contribution >= 4 is 11.7 Å². The molecular formula is C20H28FN3O2. The zero-order valence-corrected chi connectivity index (χ0v) is 15.5. The third-order valence-corrected chi connectivity index (χ3v) is 6.55. The van der Waals surface area contributed by atoms with Crippen LogP contribution in [0, 0.1) is 18.2 Å². The molecule has 6 heteroatoms. The van der Waals surface area contributed by atoms with Crippen LogP contribution < -0.4 is 4.90 Å². The van der Waals surface area contributed by atoms with E-state index in [1.807, 2.05) is 6.92 Å². The Hall–Kier alpha value is -1.69. The molecule has 4 rings (SSSR count). The van der Waals surface area contributed by atoms with Gasteiger partial charge in [-0.05, 0) is 63.5 Å². The number of rotatable bonds is 2. The largest absolute Gasteiger partial charge is 0.393 e. The fourth-order valence-corrected chi connectivity index (χ4v) is 5.12. The van der Waals surface area contributed by atoms with E-state index in [-0.39, 0.29) is 29.3 Å². The van der Waals surface area contributed by atoms with Crippen molar-refractivity contribution in [2.45, 2.75) is 64.0 Å². The van der Waals surface area contributed by atoms with Gasteiger partial charge in [0.05, 0.1) is 17.7 Å². The van der Waals surface area contributed by atoms with Crippen LogP contribution in [0.4, 0.5) is 10.2 Å². The number of hydrogen-bond acceptors (Lipinski definition) is 4. The SMILES string of the molecule is Cc1cc(F)cnc1N1CCCC2(CCN(C3CCC(O)CC3)C2=O)C1. The van der Waals surface area contributed by atoms with Gasteiger partial charge >= 0.3 is 0 Å². The van der Waals surface area contributed by atoms with Crippen LogP contribution in [0.15, 0.2) is 12.3 Å². The van der Waals surface area contributed by atoms with E-state index in [0.717, 1.165) is 69.4 Å². The number of aliphatic hydroxyl groups excluding tert-OH is 1. The first-order valence-electron chi connectivity index (χ1n) is 9.85. The van der Waals surface area contributed by atoms with E-state index in [4.69, 9.17) is 0 Å². The number of aromatic nitrogens is 1. The molecule has 0 radical (unpaired) electrons. The minimum atomic E-state index is -0.323. The number of halogens is 1. The van der Waals surface area contributed by atoms with Gasteiger partial charge in [-0.3, -0.25) is 4.79 Å². The van der Waals surface area contributed by atoms with Gasteiger partial charge in [0.15, 0.2) is 0 Å². The number of likely N-dealkylation sites (tertiary alicyclic amines) is 1. The first kappa shape index (κ1) is 17.7. The summed E-state index contributed by atoms with van der Waals surface area (Å²) in [6, 6.07) is 1.80. The lowest BCUT2D eigenvalue weighted by Crippen LogP contribution is -2.50. The topological polar surface area (TPSA) is 56.7 Å². The molecule has 142 valence electrons. The molecule has 1 saturated carbocycles. The highest BCUT2D eigenvalue weighted by Gasteiger charge is 2.50. The zero-order chi connectivity index (χ0) is 18.3. The summed E-state index contributed by atoms with van der Waals surface area (Å²) >= 11 is 0. The van der Waals surface area contributed by atoms with Gasteiger partial charge in [0, 0.05) is 25.7 Å². The van der Waals surface area contributed by atoms with Crippen LogP contribution in [0.25, 0.3) is 0 Å². The van der Waals surface area contributed by atoms with Gasteiger partial charge in [0.1, 0.15) is 11.6 Å². The number of aliphatic hydroxyl groups is 1. The summed E-state index contributed by atoms with van der Waals surface area (Å²) < 4.78 is 13.4. The lowest BCUT2D eigenvalue weighted by Gasteiger charge is -2.41. The van der Waals surface area contributed by atoms with Crippen LogP contribution in [0.2, 0.25) is 0 Å². The molecule has 26 heavy (non-hydrogen) atoms. The van der Waals surface area contributed by atoms with Gasteiger partial charge in [-0.1, -0.05) is 0 Å². The van der Waals surface area contributed by atoms with E-state index in [1.54, 1.807) is 0 Å². The standard InChI is InChI=1S/C20H28FN3O2/c1-14-11-15(21)12-22-18(14)23-9-2-7-20(13-23)8-10-24(19(20)26)16-3-5-17(25)6-4-16/h11-12,16-17,25H,2-10,13H2,1H3. The quantitative estimate of drug-likeness (QED) is 0.880. The summed E-state index contributed by atoms with van der Waals surface area (Å²) in [4.78, 5) is 21.9. The first-order valence-corrected chi connectivity index (χ1v) is 9.85. The van der Waals surface area contributed by atoms with Crippen LogP contribution in [0.5, 0.6) is 0 Å². The molecule has 1 aromatic heterocycles. The fraction of sp³-hybridized carbons (Fsp3) is 0.700. The van der Waals surface area contributed by atoms with Crippen molar-refractivity contribution in [2.75, 3.05) is 24.5 Å². The number of carbonyl (C=O) groups excluding carboxylic acids is 1. The van der Waals surface area contributed by atoms with Gasteiger partial charge in [-0.15, -0.1) is 0 Å².